The molecule has 0 spiro atoms. The van der Waals surface area contributed by atoms with Gasteiger partial charge in [-0.05, 0) is 48.9 Å². The highest BCUT2D eigenvalue weighted by Gasteiger charge is 2.03. The number of hydrogen-bond acceptors (Lipinski definition) is 5. The zero-order chi connectivity index (χ0) is 19.2. The first-order valence-corrected chi connectivity index (χ1v) is 8.48. The fourth-order valence-corrected chi connectivity index (χ4v) is 2.71. The first-order chi connectivity index (χ1) is 13.1. The molecule has 0 fully saturated rings. The number of hydroxylamine groups is 1. The average Bonchev–Trinajstić information content (AvgIpc) is 2.71. The molecule has 1 aromatic heterocycles. The van der Waals surface area contributed by atoms with Crippen molar-refractivity contribution in [3.63, 3.8) is 0 Å². The van der Waals surface area contributed by atoms with Crippen molar-refractivity contribution in [2.45, 2.75) is 6.92 Å². The topological polar surface area (TPSA) is 83.5 Å². The van der Waals surface area contributed by atoms with Crippen LogP contribution >= 0.6 is 0 Å². The van der Waals surface area contributed by atoms with Gasteiger partial charge in [0.25, 0.3) is 5.91 Å². The summed E-state index contributed by atoms with van der Waals surface area (Å²) < 4.78 is 5.26. The monoisotopic (exact) mass is 363 g/mol. The van der Waals surface area contributed by atoms with Gasteiger partial charge in [0.2, 0.25) is 0 Å². The number of anilines is 1. The SMILES string of the molecule is COc1ccc2ncc(NCC(C)=Cc3ccc(C(=O)NO)cc3)cc2c1. The second-order valence-electron chi connectivity index (χ2n) is 6.19. The first kappa shape index (κ1) is 18.4. The van der Waals surface area contributed by atoms with Crippen LogP contribution in [0.1, 0.15) is 22.8 Å². The molecule has 2 aromatic carbocycles. The zero-order valence-corrected chi connectivity index (χ0v) is 15.2. The maximum absolute atomic E-state index is 11.3. The Morgan fingerprint density at radius 3 is 2.67 bits per heavy atom. The molecule has 1 heterocycles. The van der Waals surface area contributed by atoms with Crippen molar-refractivity contribution in [1.82, 2.24) is 10.5 Å². The fourth-order valence-electron chi connectivity index (χ4n) is 2.71. The molecule has 0 unspecified atom stereocenters. The van der Waals surface area contributed by atoms with Crippen LogP contribution in [0.2, 0.25) is 0 Å². The molecule has 0 atom stereocenters. The van der Waals surface area contributed by atoms with E-state index in [0.717, 1.165) is 33.5 Å². The molecule has 27 heavy (non-hydrogen) atoms. The van der Waals surface area contributed by atoms with Crippen molar-refractivity contribution >= 4 is 28.6 Å². The van der Waals surface area contributed by atoms with Gasteiger partial charge in [-0.3, -0.25) is 15.0 Å². The van der Waals surface area contributed by atoms with Crippen LogP contribution in [0, 0.1) is 0 Å². The summed E-state index contributed by atoms with van der Waals surface area (Å²) in [4.78, 5) is 15.8. The van der Waals surface area contributed by atoms with E-state index in [2.05, 4.69) is 10.3 Å². The summed E-state index contributed by atoms with van der Waals surface area (Å²) in [5.41, 5.74) is 5.98. The van der Waals surface area contributed by atoms with Gasteiger partial charge in [-0.1, -0.05) is 23.8 Å². The lowest BCUT2D eigenvalue weighted by Crippen LogP contribution is -2.18. The Morgan fingerprint density at radius 2 is 1.96 bits per heavy atom. The minimum absolute atomic E-state index is 0.406. The van der Waals surface area contributed by atoms with Crippen molar-refractivity contribution in [1.29, 1.82) is 0 Å². The normalized spacial score (nSPS) is 11.3. The summed E-state index contributed by atoms with van der Waals surface area (Å²) in [6.07, 6.45) is 3.84. The predicted molar refractivity (Wildman–Crippen MR) is 106 cm³/mol. The molecular formula is C21H21N3O3. The van der Waals surface area contributed by atoms with Crippen LogP contribution in [0.3, 0.4) is 0 Å². The van der Waals surface area contributed by atoms with Crippen LogP contribution in [-0.2, 0) is 0 Å². The lowest BCUT2D eigenvalue weighted by Gasteiger charge is -2.09. The van der Waals surface area contributed by atoms with Crippen LogP contribution < -0.4 is 15.5 Å². The minimum atomic E-state index is -0.524. The third-order valence-electron chi connectivity index (χ3n) is 4.15. The van der Waals surface area contributed by atoms with Gasteiger partial charge >= 0.3 is 0 Å². The van der Waals surface area contributed by atoms with Crippen LogP contribution in [0.4, 0.5) is 5.69 Å². The number of amides is 1. The summed E-state index contributed by atoms with van der Waals surface area (Å²) >= 11 is 0. The number of benzene rings is 2. The largest absolute Gasteiger partial charge is 0.497 e. The lowest BCUT2D eigenvalue weighted by atomic mass is 10.1. The standard InChI is InChI=1S/C21H21N3O3/c1-14(9-15-3-5-16(6-4-15)21(25)24-26)12-22-18-10-17-11-19(27-2)7-8-20(17)23-13-18/h3-11,13,22,26H,12H2,1-2H3,(H,24,25). The maximum atomic E-state index is 11.3. The molecule has 3 rings (SSSR count). The molecule has 3 N–H and O–H groups in total. The predicted octanol–water partition coefficient (Wildman–Crippen LogP) is 3.88. The summed E-state index contributed by atoms with van der Waals surface area (Å²) in [6.45, 7) is 2.69. The zero-order valence-electron chi connectivity index (χ0n) is 15.2. The second-order valence-corrected chi connectivity index (χ2v) is 6.19. The molecule has 6 heteroatoms. The molecule has 0 aliphatic carbocycles. The molecule has 0 bridgehead atoms. The van der Waals surface area contributed by atoms with Crippen molar-refractivity contribution in [3.8, 4) is 5.75 Å². The number of rotatable bonds is 6. The van der Waals surface area contributed by atoms with Gasteiger partial charge in [-0.25, -0.2) is 5.48 Å². The van der Waals surface area contributed by atoms with E-state index in [9.17, 15) is 4.79 Å². The molecular weight excluding hydrogens is 342 g/mol. The number of carbonyl (C=O) groups is 1. The third-order valence-corrected chi connectivity index (χ3v) is 4.15. The van der Waals surface area contributed by atoms with Crippen LogP contribution in [0.25, 0.3) is 17.0 Å². The Hall–Kier alpha value is -3.38. The van der Waals surface area contributed by atoms with Crippen molar-refractivity contribution in [2.24, 2.45) is 0 Å². The number of aromatic nitrogens is 1. The Morgan fingerprint density at radius 1 is 1.19 bits per heavy atom. The molecule has 0 radical (unpaired) electrons. The molecule has 0 aliphatic heterocycles. The molecule has 0 aliphatic rings. The van der Waals surface area contributed by atoms with Gasteiger partial charge in [0.15, 0.2) is 0 Å². The molecule has 0 saturated heterocycles. The second kappa shape index (κ2) is 8.33. The number of nitrogens with zero attached hydrogens (tertiary/aromatic N) is 1. The van der Waals surface area contributed by atoms with Crippen LogP contribution in [0.15, 0.2) is 60.3 Å². The van der Waals surface area contributed by atoms with E-state index in [-0.39, 0.29) is 0 Å². The number of methoxy groups -OCH3 is 1. The molecule has 1 amide bonds. The molecule has 138 valence electrons. The third kappa shape index (κ3) is 4.62. The van der Waals surface area contributed by atoms with Gasteiger partial charge in [-0.2, -0.15) is 0 Å². The Bertz CT molecular complexity index is 982. The quantitative estimate of drug-likeness (QED) is 0.457. The van der Waals surface area contributed by atoms with E-state index < -0.39 is 5.91 Å². The summed E-state index contributed by atoms with van der Waals surface area (Å²) in [5, 5.41) is 13.0. The van der Waals surface area contributed by atoms with E-state index in [0.29, 0.717) is 12.1 Å². The maximum Gasteiger partial charge on any atom is 0.274 e. The molecule has 3 aromatic rings. The number of carbonyl (C=O) groups excluding carboxylic acids is 1. The number of nitrogens with one attached hydrogen (secondary N) is 2. The number of hydrogen-bond donors (Lipinski definition) is 3. The Balaban J connectivity index is 1.67. The molecule has 6 nitrogen and oxygen atoms in total. The van der Waals surface area contributed by atoms with Crippen molar-refractivity contribution < 1.29 is 14.7 Å². The minimum Gasteiger partial charge on any atom is -0.497 e. The van der Waals surface area contributed by atoms with Gasteiger partial charge in [0.1, 0.15) is 5.75 Å². The van der Waals surface area contributed by atoms with E-state index >= 15 is 0 Å². The van der Waals surface area contributed by atoms with Crippen LogP contribution in [0.5, 0.6) is 5.75 Å². The van der Waals surface area contributed by atoms with Crippen LogP contribution in [-0.4, -0.2) is 29.8 Å². The summed E-state index contributed by atoms with van der Waals surface area (Å²) in [5.74, 6) is 0.278. The lowest BCUT2D eigenvalue weighted by molar-refractivity contribution is 0.0706. The van der Waals surface area contributed by atoms with Crippen molar-refractivity contribution in [3.05, 3.63) is 71.4 Å². The summed E-state index contributed by atoms with van der Waals surface area (Å²) in [6, 6.07) is 14.8. The molecule has 0 saturated carbocycles. The highest BCUT2D eigenvalue weighted by molar-refractivity contribution is 5.93. The van der Waals surface area contributed by atoms with Gasteiger partial charge in [-0.15, -0.1) is 0 Å². The van der Waals surface area contributed by atoms with Gasteiger partial charge in [0, 0.05) is 17.5 Å². The van der Waals surface area contributed by atoms with E-state index in [4.69, 9.17) is 9.94 Å². The highest BCUT2D eigenvalue weighted by atomic mass is 16.5. The van der Waals surface area contributed by atoms with E-state index in [1.165, 1.54) is 0 Å². The smallest absolute Gasteiger partial charge is 0.274 e. The number of fused-ring (bicyclic) bond motifs is 1. The van der Waals surface area contributed by atoms with Gasteiger partial charge < -0.3 is 10.1 Å². The highest BCUT2D eigenvalue weighted by Crippen LogP contribution is 2.22. The van der Waals surface area contributed by atoms with E-state index in [1.807, 2.05) is 55.6 Å². The Kier molecular flexibility index (Phi) is 5.68. The first-order valence-electron chi connectivity index (χ1n) is 8.48. The average molecular weight is 363 g/mol. The van der Waals surface area contributed by atoms with Crippen molar-refractivity contribution in [2.75, 3.05) is 19.0 Å². The van der Waals surface area contributed by atoms with E-state index in [1.54, 1.807) is 24.7 Å². The van der Waals surface area contributed by atoms with Gasteiger partial charge in [0.05, 0.1) is 24.5 Å². The Labute approximate surface area is 157 Å². The summed E-state index contributed by atoms with van der Waals surface area (Å²) in [7, 11) is 1.65. The number of pyridine rings is 1. The number of ether oxygens (including phenoxy) is 1. The fraction of sp³-hybridized carbons (Fsp3) is 0.143.